The SMILES string of the molecule is CC[Si](CC)(CC)O[C@@H](C)[C@@H](O)C#CC(=O)OC. The molecule has 0 aliphatic heterocycles. The Morgan fingerprint density at radius 2 is 1.78 bits per heavy atom. The van der Waals surface area contributed by atoms with Crippen LogP contribution in [0.25, 0.3) is 0 Å². The van der Waals surface area contributed by atoms with E-state index in [1.165, 1.54) is 7.11 Å². The van der Waals surface area contributed by atoms with Gasteiger partial charge in [-0.2, -0.15) is 0 Å². The molecule has 5 heteroatoms. The number of esters is 1. The zero-order valence-electron chi connectivity index (χ0n) is 11.9. The molecule has 0 spiro atoms. The fraction of sp³-hybridized carbons (Fsp3) is 0.769. The monoisotopic (exact) mass is 272 g/mol. The van der Waals surface area contributed by atoms with Crippen molar-refractivity contribution < 1.29 is 19.1 Å². The number of carbonyl (C=O) groups excluding carboxylic acids is 1. The molecule has 0 fully saturated rings. The van der Waals surface area contributed by atoms with Gasteiger partial charge in [-0.25, -0.2) is 4.79 Å². The zero-order chi connectivity index (χ0) is 14.2. The van der Waals surface area contributed by atoms with Crippen LogP contribution in [-0.2, 0) is 14.0 Å². The average molecular weight is 272 g/mol. The van der Waals surface area contributed by atoms with E-state index in [1.54, 1.807) is 6.92 Å². The Labute approximate surface area is 111 Å². The van der Waals surface area contributed by atoms with Crippen molar-refractivity contribution in [3.8, 4) is 11.8 Å². The first-order chi connectivity index (χ1) is 8.44. The second-order valence-electron chi connectivity index (χ2n) is 4.27. The van der Waals surface area contributed by atoms with E-state index in [0.717, 1.165) is 18.1 Å². The van der Waals surface area contributed by atoms with Gasteiger partial charge in [0, 0.05) is 5.92 Å². The molecule has 0 saturated heterocycles. The summed E-state index contributed by atoms with van der Waals surface area (Å²) >= 11 is 0. The van der Waals surface area contributed by atoms with Crippen LogP contribution in [-0.4, -0.2) is 38.7 Å². The number of ether oxygens (including phenoxy) is 1. The summed E-state index contributed by atoms with van der Waals surface area (Å²) in [6.07, 6.45) is -1.34. The van der Waals surface area contributed by atoms with Crippen LogP contribution in [0.3, 0.4) is 0 Å². The number of hydrogen-bond donors (Lipinski definition) is 1. The van der Waals surface area contributed by atoms with Gasteiger partial charge in [0.25, 0.3) is 0 Å². The maximum absolute atomic E-state index is 10.9. The van der Waals surface area contributed by atoms with E-state index in [2.05, 4.69) is 37.3 Å². The van der Waals surface area contributed by atoms with E-state index in [0.29, 0.717) is 0 Å². The van der Waals surface area contributed by atoms with Crippen molar-refractivity contribution in [2.24, 2.45) is 0 Å². The lowest BCUT2D eigenvalue weighted by Crippen LogP contribution is -2.42. The van der Waals surface area contributed by atoms with Crippen LogP contribution in [0.1, 0.15) is 27.7 Å². The van der Waals surface area contributed by atoms with Crippen molar-refractivity contribution in [2.75, 3.05) is 7.11 Å². The fourth-order valence-electron chi connectivity index (χ4n) is 1.76. The molecule has 0 aliphatic rings. The van der Waals surface area contributed by atoms with Gasteiger partial charge in [-0.05, 0) is 25.1 Å². The molecule has 0 rings (SSSR count). The molecule has 104 valence electrons. The van der Waals surface area contributed by atoms with Gasteiger partial charge in [0.2, 0.25) is 0 Å². The van der Waals surface area contributed by atoms with E-state index in [1.807, 2.05) is 0 Å². The second-order valence-corrected chi connectivity index (χ2v) is 9.00. The fourth-order valence-corrected chi connectivity index (χ4v) is 4.68. The quantitative estimate of drug-likeness (QED) is 0.347. The Balaban J connectivity index is 4.58. The van der Waals surface area contributed by atoms with Crippen LogP contribution in [0.4, 0.5) is 0 Å². The number of carbonyl (C=O) groups is 1. The molecule has 0 radical (unpaired) electrons. The van der Waals surface area contributed by atoms with Gasteiger partial charge in [-0.1, -0.05) is 26.7 Å². The van der Waals surface area contributed by atoms with Gasteiger partial charge in [-0.15, -0.1) is 0 Å². The molecule has 0 aliphatic carbocycles. The molecule has 4 nitrogen and oxygen atoms in total. The third-order valence-corrected chi connectivity index (χ3v) is 8.06. The third kappa shape index (κ3) is 5.21. The largest absolute Gasteiger partial charge is 0.459 e. The minimum atomic E-state index is -1.75. The lowest BCUT2D eigenvalue weighted by Gasteiger charge is -2.32. The molecule has 0 aromatic heterocycles. The molecular weight excluding hydrogens is 248 g/mol. The lowest BCUT2D eigenvalue weighted by atomic mass is 10.2. The maximum Gasteiger partial charge on any atom is 0.384 e. The summed E-state index contributed by atoms with van der Waals surface area (Å²) in [5.41, 5.74) is 0. The van der Waals surface area contributed by atoms with E-state index >= 15 is 0 Å². The molecular formula is C13H24O4Si. The Kier molecular flexibility index (Phi) is 7.92. The summed E-state index contributed by atoms with van der Waals surface area (Å²) in [5.74, 6) is 4.04. The van der Waals surface area contributed by atoms with Gasteiger partial charge in [0.15, 0.2) is 8.32 Å². The van der Waals surface area contributed by atoms with Crippen molar-refractivity contribution in [1.29, 1.82) is 0 Å². The highest BCUT2D eigenvalue weighted by Crippen LogP contribution is 2.24. The van der Waals surface area contributed by atoms with Crippen molar-refractivity contribution >= 4 is 14.3 Å². The minimum Gasteiger partial charge on any atom is -0.459 e. The average Bonchev–Trinajstić information content (AvgIpc) is 2.41. The standard InChI is InChI=1S/C13H24O4Si/c1-6-18(7-2,8-3)17-11(4)12(14)9-10-13(15)16-5/h11-12,14H,6-8H2,1-5H3/t11-,12-/m0/s1. The molecule has 2 atom stereocenters. The van der Waals surface area contributed by atoms with E-state index in [-0.39, 0.29) is 6.10 Å². The highest BCUT2D eigenvalue weighted by molar-refractivity contribution is 6.73. The Morgan fingerprint density at radius 1 is 1.28 bits per heavy atom. The van der Waals surface area contributed by atoms with Crippen molar-refractivity contribution in [2.45, 2.75) is 58.0 Å². The molecule has 1 N–H and O–H groups in total. The van der Waals surface area contributed by atoms with Crippen LogP contribution in [0.15, 0.2) is 0 Å². The van der Waals surface area contributed by atoms with Crippen LogP contribution in [0.5, 0.6) is 0 Å². The molecule has 0 saturated carbocycles. The summed E-state index contributed by atoms with van der Waals surface area (Å²) < 4.78 is 10.4. The van der Waals surface area contributed by atoms with Crippen molar-refractivity contribution in [3.05, 3.63) is 0 Å². The summed E-state index contributed by atoms with van der Waals surface area (Å²) in [4.78, 5) is 10.9. The molecule has 0 aromatic carbocycles. The first-order valence-electron chi connectivity index (χ1n) is 6.40. The normalized spacial score (nSPS) is 14.3. The Morgan fingerprint density at radius 3 is 2.17 bits per heavy atom. The number of aliphatic hydroxyl groups excluding tert-OH is 1. The molecule has 0 unspecified atom stereocenters. The molecule has 0 bridgehead atoms. The number of rotatable bonds is 6. The van der Waals surface area contributed by atoms with Crippen LogP contribution in [0, 0.1) is 11.8 Å². The van der Waals surface area contributed by atoms with Gasteiger partial charge in [-0.3, -0.25) is 0 Å². The zero-order valence-corrected chi connectivity index (χ0v) is 12.9. The third-order valence-electron chi connectivity index (χ3n) is 3.32. The smallest absolute Gasteiger partial charge is 0.384 e. The van der Waals surface area contributed by atoms with Gasteiger partial charge in [0.05, 0.1) is 13.2 Å². The lowest BCUT2D eigenvalue weighted by molar-refractivity contribution is -0.133. The van der Waals surface area contributed by atoms with E-state index in [4.69, 9.17) is 4.43 Å². The first kappa shape index (κ1) is 17.2. The minimum absolute atomic E-state index is 0.381. The molecule has 18 heavy (non-hydrogen) atoms. The van der Waals surface area contributed by atoms with Crippen LogP contribution >= 0.6 is 0 Å². The summed E-state index contributed by atoms with van der Waals surface area (Å²) in [6, 6.07) is 3.05. The highest BCUT2D eigenvalue weighted by Gasteiger charge is 2.32. The first-order valence-corrected chi connectivity index (χ1v) is 8.93. The summed E-state index contributed by atoms with van der Waals surface area (Å²) in [6.45, 7) is 8.16. The van der Waals surface area contributed by atoms with E-state index in [9.17, 15) is 9.90 Å². The van der Waals surface area contributed by atoms with Crippen molar-refractivity contribution in [1.82, 2.24) is 0 Å². The number of methoxy groups -OCH3 is 1. The van der Waals surface area contributed by atoms with Gasteiger partial charge < -0.3 is 14.3 Å². The summed E-state index contributed by atoms with van der Waals surface area (Å²) in [7, 11) is -0.495. The molecule has 0 aromatic rings. The highest BCUT2D eigenvalue weighted by atomic mass is 28.4. The molecule has 0 amide bonds. The van der Waals surface area contributed by atoms with Crippen LogP contribution < -0.4 is 0 Å². The predicted octanol–water partition coefficient (Wildman–Crippen LogP) is 1.93. The van der Waals surface area contributed by atoms with Crippen LogP contribution in [0.2, 0.25) is 18.1 Å². The van der Waals surface area contributed by atoms with Gasteiger partial charge >= 0.3 is 5.97 Å². The Hall–Kier alpha value is -0.833. The topological polar surface area (TPSA) is 55.8 Å². The second kappa shape index (κ2) is 8.30. The molecule has 0 heterocycles. The predicted molar refractivity (Wildman–Crippen MR) is 73.5 cm³/mol. The summed E-state index contributed by atoms with van der Waals surface area (Å²) in [5, 5.41) is 9.83. The number of aliphatic hydroxyl groups is 1. The van der Waals surface area contributed by atoms with Gasteiger partial charge in [0.1, 0.15) is 6.10 Å². The Bertz CT molecular complexity index is 306. The maximum atomic E-state index is 10.9. The van der Waals surface area contributed by atoms with E-state index < -0.39 is 20.4 Å². The number of hydrogen-bond acceptors (Lipinski definition) is 4. The van der Waals surface area contributed by atoms with Crippen molar-refractivity contribution in [3.63, 3.8) is 0 Å².